The van der Waals surface area contributed by atoms with Gasteiger partial charge in [0.2, 0.25) is 0 Å². The predicted octanol–water partition coefficient (Wildman–Crippen LogP) is 3.18. The van der Waals surface area contributed by atoms with E-state index in [4.69, 9.17) is 4.74 Å². The quantitative estimate of drug-likeness (QED) is 0.604. The SMILES string of the molecule is C=CC1OC(C=C)C(CC)C1CC. The first kappa shape index (κ1) is 10.5. The Morgan fingerprint density at radius 1 is 1.00 bits per heavy atom. The Morgan fingerprint density at radius 2 is 1.38 bits per heavy atom. The van der Waals surface area contributed by atoms with Gasteiger partial charge in [-0.2, -0.15) is 0 Å². The highest BCUT2D eigenvalue weighted by molar-refractivity contribution is 5.02. The van der Waals surface area contributed by atoms with E-state index < -0.39 is 0 Å². The Balaban J connectivity index is 2.76. The van der Waals surface area contributed by atoms with Gasteiger partial charge < -0.3 is 4.74 Å². The van der Waals surface area contributed by atoms with E-state index in [0.29, 0.717) is 11.8 Å². The zero-order valence-corrected chi connectivity index (χ0v) is 8.70. The number of hydrogen-bond acceptors (Lipinski definition) is 1. The van der Waals surface area contributed by atoms with E-state index in [1.54, 1.807) is 0 Å². The molecule has 1 aliphatic heterocycles. The van der Waals surface area contributed by atoms with E-state index >= 15 is 0 Å². The highest BCUT2D eigenvalue weighted by Crippen LogP contribution is 2.37. The fraction of sp³-hybridized carbons (Fsp3) is 0.667. The molecular formula is C12H20O. The lowest BCUT2D eigenvalue weighted by Crippen LogP contribution is -2.19. The molecule has 74 valence electrons. The molecule has 1 heterocycles. The maximum Gasteiger partial charge on any atom is 0.0793 e. The van der Waals surface area contributed by atoms with Crippen LogP contribution in [0.1, 0.15) is 26.7 Å². The summed E-state index contributed by atoms with van der Waals surface area (Å²) in [5.74, 6) is 1.26. The molecule has 0 amide bonds. The zero-order valence-electron chi connectivity index (χ0n) is 8.70. The summed E-state index contributed by atoms with van der Waals surface area (Å²) in [5, 5.41) is 0. The molecule has 0 N–H and O–H groups in total. The maximum absolute atomic E-state index is 5.83. The van der Waals surface area contributed by atoms with Crippen molar-refractivity contribution in [3.05, 3.63) is 25.3 Å². The van der Waals surface area contributed by atoms with Crippen molar-refractivity contribution in [1.29, 1.82) is 0 Å². The molecule has 1 nitrogen and oxygen atoms in total. The first-order chi connectivity index (χ1) is 6.28. The van der Waals surface area contributed by atoms with Gasteiger partial charge in [0.05, 0.1) is 12.2 Å². The number of rotatable bonds is 4. The van der Waals surface area contributed by atoms with Crippen molar-refractivity contribution < 1.29 is 4.74 Å². The standard InChI is InChI=1S/C12H20O/c1-5-9-10(6-2)12(8-4)13-11(9)7-3/h7-12H,3-6H2,1-2H3. The average molecular weight is 180 g/mol. The second-order valence-corrected chi connectivity index (χ2v) is 3.68. The molecule has 0 saturated carbocycles. The van der Waals surface area contributed by atoms with Gasteiger partial charge in [-0.3, -0.25) is 0 Å². The summed E-state index contributed by atoms with van der Waals surface area (Å²) in [6, 6.07) is 0. The van der Waals surface area contributed by atoms with E-state index in [9.17, 15) is 0 Å². The third-order valence-corrected chi connectivity index (χ3v) is 3.12. The Kier molecular flexibility index (Phi) is 3.73. The van der Waals surface area contributed by atoms with Crippen LogP contribution in [0.15, 0.2) is 25.3 Å². The molecule has 0 radical (unpaired) electrons. The molecule has 0 spiro atoms. The van der Waals surface area contributed by atoms with Crippen LogP contribution in [0.3, 0.4) is 0 Å². The van der Waals surface area contributed by atoms with Gasteiger partial charge in [0, 0.05) is 0 Å². The van der Waals surface area contributed by atoms with Gasteiger partial charge in [-0.15, -0.1) is 13.2 Å². The van der Waals surface area contributed by atoms with Crippen LogP contribution >= 0.6 is 0 Å². The van der Waals surface area contributed by atoms with Gasteiger partial charge >= 0.3 is 0 Å². The van der Waals surface area contributed by atoms with Crippen molar-refractivity contribution in [3.8, 4) is 0 Å². The van der Waals surface area contributed by atoms with Crippen molar-refractivity contribution in [1.82, 2.24) is 0 Å². The van der Waals surface area contributed by atoms with E-state index in [1.165, 1.54) is 12.8 Å². The highest BCUT2D eigenvalue weighted by atomic mass is 16.5. The van der Waals surface area contributed by atoms with Crippen LogP contribution in [0.5, 0.6) is 0 Å². The highest BCUT2D eigenvalue weighted by Gasteiger charge is 2.38. The Bertz CT molecular complexity index is 166. The summed E-state index contributed by atoms with van der Waals surface area (Å²) < 4.78 is 5.83. The molecule has 1 heteroatoms. The van der Waals surface area contributed by atoms with Crippen molar-refractivity contribution >= 4 is 0 Å². The maximum atomic E-state index is 5.83. The van der Waals surface area contributed by atoms with Crippen molar-refractivity contribution in [2.24, 2.45) is 11.8 Å². The molecule has 4 atom stereocenters. The third kappa shape index (κ3) is 1.86. The smallest absolute Gasteiger partial charge is 0.0793 e. The second-order valence-electron chi connectivity index (χ2n) is 3.68. The van der Waals surface area contributed by atoms with Gasteiger partial charge in [-0.05, 0) is 11.8 Å². The summed E-state index contributed by atoms with van der Waals surface area (Å²) in [5.41, 5.74) is 0. The summed E-state index contributed by atoms with van der Waals surface area (Å²) in [7, 11) is 0. The van der Waals surface area contributed by atoms with Crippen LogP contribution in [-0.2, 0) is 4.74 Å². The van der Waals surface area contributed by atoms with Crippen LogP contribution in [0.4, 0.5) is 0 Å². The van der Waals surface area contributed by atoms with E-state index in [2.05, 4.69) is 27.0 Å². The predicted molar refractivity (Wildman–Crippen MR) is 56.6 cm³/mol. The molecule has 1 rings (SSSR count). The van der Waals surface area contributed by atoms with E-state index in [1.807, 2.05) is 12.2 Å². The molecule has 0 aliphatic carbocycles. The zero-order chi connectivity index (χ0) is 9.84. The van der Waals surface area contributed by atoms with Gasteiger partial charge in [0.15, 0.2) is 0 Å². The minimum absolute atomic E-state index is 0.234. The molecular weight excluding hydrogens is 160 g/mol. The monoisotopic (exact) mass is 180 g/mol. The molecule has 13 heavy (non-hydrogen) atoms. The Labute approximate surface area is 81.5 Å². The molecule has 4 unspecified atom stereocenters. The summed E-state index contributed by atoms with van der Waals surface area (Å²) >= 11 is 0. The fourth-order valence-corrected chi connectivity index (χ4v) is 2.40. The second kappa shape index (κ2) is 4.61. The molecule has 0 bridgehead atoms. The lowest BCUT2D eigenvalue weighted by atomic mass is 9.83. The third-order valence-electron chi connectivity index (χ3n) is 3.12. The molecule has 0 aromatic heterocycles. The van der Waals surface area contributed by atoms with Crippen LogP contribution in [0, 0.1) is 11.8 Å². The summed E-state index contributed by atoms with van der Waals surface area (Å²) in [6.45, 7) is 12.1. The molecule has 0 aromatic carbocycles. The number of ether oxygens (including phenoxy) is 1. The van der Waals surface area contributed by atoms with Crippen LogP contribution < -0.4 is 0 Å². The normalized spacial score (nSPS) is 38.9. The van der Waals surface area contributed by atoms with Gasteiger partial charge in [0.1, 0.15) is 0 Å². The van der Waals surface area contributed by atoms with Crippen LogP contribution in [-0.4, -0.2) is 12.2 Å². The molecule has 0 aromatic rings. The topological polar surface area (TPSA) is 9.23 Å². The van der Waals surface area contributed by atoms with Gasteiger partial charge in [0.25, 0.3) is 0 Å². The lowest BCUT2D eigenvalue weighted by Gasteiger charge is -2.18. The number of hydrogen-bond donors (Lipinski definition) is 0. The van der Waals surface area contributed by atoms with E-state index in [-0.39, 0.29) is 12.2 Å². The Morgan fingerprint density at radius 3 is 1.62 bits per heavy atom. The summed E-state index contributed by atoms with van der Waals surface area (Å²) in [6.07, 6.45) is 6.66. The van der Waals surface area contributed by atoms with Gasteiger partial charge in [-0.1, -0.05) is 38.8 Å². The summed E-state index contributed by atoms with van der Waals surface area (Å²) in [4.78, 5) is 0. The minimum Gasteiger partial charge on any atom is -0.366 e. The fourth-order valence-electron chi connectivity index (χ4n) is 2.40. The molecule has 1 saturated heterocycles. The first-order valence-electron chi connectivity index (χ1n) is 5.19. The lowest BCUT2D eigenvalue weighted by molar-refractivity contribution is 0.0828. The first-order valence-corrected chi connectivity index (χ1v) is 5.19. The average Bonchev–Trinajstić information content (AvgIpc) is 2.54. The van der Waals surface area contributed by atoms with E-state index in [0.717, 1.165) is 0 Å². The Hall–Kier alpha value is -0.560. The molecule has 1 aliphatic rings. The van der Waals surface area contributed by atoms with Crippen LogP contribution in [0.25, 0.3) is 0 Å². The molecule has 1 fully saturated rings. The van der Waals surface area contributed by atoms with Crippen molar-refractivity contribution in [2.45, 2.75) is 38.9 Å². The van der Waals surface area contributed by atoms with Crippen LogP contribution in [0.2, 0.25) is 0 Å². The van der Waals surface area contributed by atoms with Crippen molar-refractivity contribution in [2.75, 3.05) is 0 Å². The largest absolute Gasteiger partial charge is 0.366 e. The minimum atomic E-state index is 0.234. The van der Waals surface area contributed by atoms with Crippen molar-refractivity contribution in [3.63, 3.8) is 0 Å². The van der Waals surface area contributed by atoms with Gasteiger partial charge in [-0.25, -0.2) is 0 Å².